The summed E-state index contributed by atoms with van der Waals surface area (Å²) < 4.78 is 10.8. The Bertz CT molecular complexity index is 538. The summed E-state index contributed by atoms with van der Waals surface area (Å²) in [5.74, 6) is 0.914. The highest BCUT2D eigenvalue weighted by Crippen LogP contribution is 2.18. The second-order valence-corrected chi connectivity index (χ2v) is 9.16. The topological polar surface area (TPSA) is 78.4 Å². The van der Waals surface area contributed by atoms with Gasteiger partial charge in [-0.2, -0.15) is 0 Å². The molecule has 0 saturated carbocycles. The Morgan fingerprint density at radius 2 is 1.86 bits per heavy atom. The molecule has 1 amide bonds. The largest absolute Gasteiger partial charge is 0.444 e. The Morgan fingerprint density at radius 1 is 1.18 bits per heavy atom. The zero-order valence-corrected chi connectivity index (χ0v) is 18.5. The number of nitrogens with zero attached hydrogens (tertiary/aromatic N) is 3. The molecule has 28 heavy (non-hydrogen) atoms. The molecule has 0 bridgehead atoms. The van der Waals surface area contributed by atoms with Crippen molar-refractivity contribution >= 4 is 12.1 Å². The van der Waals surface area contributed by atoms with Gasteiger partial charge in [0.1, 0.15) is 5.60 Å². The summed E-state index contributed by atoms with van der Waals surface area (Å²) in [6.45, 7) is 18.8. The Kier molecular flexibility index (Phi) is 7.95. The minimum absolute atomic E-state index is 0.0155. The fourth-order valence-electron chi connectivity index (χ4n) is 3.51. The molecule has 162 valence electrons. The SMILES string of the molecule is CCNC(=NCC(C)(C)N1CCOCC1)N1CCC(NC(=O)OC(C)(C)C)C1. The molecule has 1 unspecified atom stereocenters. The number of hydrogen-bond donors (Lipinski definition) is 2. The Balaban J connectivity index is 1.92. The number of rotatable bonds is 5. The maximum Gasteiger partial charge on any atom is 0.407 e. The monoisotopic (exact) mass is 397 g/mol. The maximum atomic E-state index is 12.0. The van der Waals surface area contributed by atoms with Crippen LogP contribution in [0, 0.1) is 0 Å². The lowest BCUT2D eigenvalue weighted by Crippen LogP contribution is -2.52. The Labute approximate surface area is 170 Å². The summed E-state index contributed by atoms with van der Waals surface area (Å²) in [7, 11) is 0. The molecule has 0 aromatic carbocycles. The molecular formula is C20H39N5O3. The molecule has 2 aliphatic heterocycles. The van der Waals surface area contributed by atoms with Crippen molar-refractivity contribution in [2.45, 2.75) is 65.1 Å². The molecule has 0 aromatic heterocycles. The van der Waals surface area contributed by atoms with Crippen molar-refractivity contribution in [3.8, 4) is 0 Å². The third-order valence-electron chi connectivity index (χ3n) is 5.03. The fraction of sp³-hybridized carbons (Fsp3) is 0.900. The second kappa shape index (κ2) is 9.78. The molecule has 8 heteroatoms. The van der Waals surface area contributed by atoms with Gasteiger partial charge in [-0.15, -0.1) is 0 Å². The van der Waals surface area contributed by atoms with E-state index in [9.17, 15) is 4.79 Å². The number of carbonyl (C=O) groups is 1. The van der Waals surface area contributed by atoms with Crippen LogP contribution in [0.15, 0.2) is 4.99 Å². The van der Waals surface area contributed by atoms with Gasteiger partial charge >= 0.3 is 6.09 Å². The van der Waals surface area contributed by atoms with Gasteiger partial charge in [-0.25, -0.2) is 4.79 Å². The van der Waals surface area contributed by atoms with Crippen LogP contribution in [-0.2, 0) is 9.47 Å². The molecule has 2 aliphatic rings. The molecule has 8 nitrogen and oxygen atoms in total. The number of alkyl carbamates (subject to hydrolysis) is 1. The van der Waals surface area contributed by atoms with Crippen molar-refractivity contribution in [3.05, 3.63) is 0 Å². The fourth-order valence-corrected chi connectivity index (χ4v) is 3.51. The number of amides is 1. The predicted octanol–water partition coefficient (Wildman–Crippen LogP) is 1.66. The number of carbonyl (C=O) groups excluding carboxylic acids is 1. The standard InChI is InChI=1S/C20H39N5O3/c1-7-21-17(22-15-20(5,6)25-10-12-27-13-11-25)24-9-8-16(14-24)23-18(26)28-19(2,3)4/h16H,7-15H2,1-6H3,(H,21,22)(H,23,26). The summed E-state index contributed by atoms with van der Waals surface area (Å²) in [6.07, 6.45) is 0.533. The van der Waals surface area contributed by atoms with E-state index in [0.29, 0.717) is 0 Å². The van der Waals surface area contributed by atoms with Crippen LogP contribution in [0.1, 0.15) is 48.0 Å². The molecule has 2 rings (SSSR count). The Hall–Kier alpha value is -1.54. The number of hydrogen-bond acceptors (Lipinski definition) is 5. The summed E-state index contributed by atoms with van der Waals surface area (Å²) in [4.78, 5) is 21.6. The minimum Gasteiger partial charge on any atom is -0.444 e. The third kappa shape index (κ3) is 7.13. The Morgan fingerprint density at radius 3 is 2.46 bits per heavy atom. The van der Waals surface area contributed by atoms with Crippen molar-refractivity contribution in [1.82, 2.24) is 20.4 Å². The molecular weight excluding hydrogens is 358 g/mol. The molecule has 2 fully saturated rings. The van der Waals surface area contributed by atoms with Crippen LogP contribution in [0.25, 0.3) is 0 Å². The highest BCUT2D eigenvalue weighted by Gasteiger charge is 2.30. The summed E-state index contributed by atoms with van der Waals surface area (Å²) in [6, 6.07) is 0.0750. The first kappa shape index (κ1) is 22.7. The van der Waals surface area contributed by atoms with Crippen molar-refractivity contribution in [3.63, 3.8) is 0 Å². The number of ether oxygens (including phenoxy) is 2. The number of likely N-dealkylation sites (tertiary alicyclic amines) is 1. The smallest absolute Gasteiger partial charge is 0.407 e. The first-order chi connectivity index (χ1) is 13.1. The van der Waals surface area contributed by atoms with Crippen molar-refractivity contribution in [2.75, 3.05) is 52.5 Å². The lowest BCUT2D eigenvalue weighted by Gasteiger charge is -2.40. The molecule has 0 spiro atoms. The van der Waals surface area contributed by atoms with E-state index < -0.39 is 5.60 Å². The number of aliphatic imine (C=N–C) groups is 1. The first-order valence-corrected chi connectivity index (χ1v) is 10.5. The van der Waals surface area contributed by atoms with E-state index in [2.05, 4.69) is 41.2 Å². The van der Waals surface area contributed by atoms with Gasteiger partial charge in [-0.3, -0.25) is 9.89 Å². The zero-order chi connectivity index (χ0) is 20.8. The van der Waals surface area contributed by atoms with Crippen LogP contribution < -0.4 is 10.6 Å². The lowest BCUT2D eigenvalue weighted by atomic mass is 10.0. The van der Waals surface area contributed by atoms with E-state index in [0.717, 1.165) is 64.9 Å². The van der Waals surface area contributed by atoms with Gasteiger partial charge in [0, 0.05) is 38.3 Å². The molecule has 2 N–H and O–H groups in total. The lowest BCUT2D eigenvalue weighted by molar-refractivity contribution is -0.00688. The van der Waals surface area contributed by atoms with E-state index >= 15 is 0 Å². The normalized spacial score (nSPS) is 22.3. The summed E-state index contributed by atoms with van der Waals surface area (Å²) in [5, 5.41) is 6.38. The van der Waals surface area contributed by atoms with E-state index in [-0.39, 0.29) is 17.7 Å². The molecule has 2 heterocycles. The zero-order valence-electron chi connectivity index (χ0n) is 18.5. The van der Waals surface area contributed by atoms with Crippen molar-refractivity contribution in [1.29, 1.82) is 0 Å². The number of nitrogens with one attached hydrogen (secondary N) is 2. The third-order valence-corrected chi connectivity index (χ3v) is 5.03. The van der Waals surface area contributed by atoms with E-state index in [1.165, 1.54) is 0 Å². The number of morpholine rings is 1. The van der Waals surface area contributed by atoms with Gasteiger partial charge in [0.25, 0.3) is 0 Å². The minimum atomic E-state index is -0.482. The van der Waals surface area contributed by atoms with Crippen LogP contribution in [0.5, 0.6) is 0 Å². The van der Waals surface area contributed by atoms with E-state index in [4.69, 9.17) is 14.5 Å². The summed E-state index contributed by atoms with van der Waals surface area (Å²) in [5.41, 5.74) is -0.498. The summed E-state index contributed by atoms with van der Waals surface area (Å²) >= 11 is 0. The van der Waals surface area contributed by atoms with E-state index in [1.807, 2.05) is 20.8 Å². The van der Waals surface area contributed by atoms with Gasteiger partial charge in [0.05, 0.1) is 25.8 Å². The van der Waals surface area contributed by atoms with Gasteiger partial charge in [-0.05, 0) is 48.0 Å². The van der Waals surface area contributed by atoms with Crippen LogP contribution in [0.3, 0.4) is 0 Å². The first-order valence-electron chi connectivity index (χ1n) is 10.5. The van der Waals surface area contributed by atoms with Gasteiger partial charge in [-0.1, -0.05) is 0 Å². The highest BCUT2D eigenvalue weighted by molar-refractivity contribution is 5.80. The van der Waals surface area contributed by atoms with Crippen LogP contribution in [-0.4, -0.2) is 91.5 Å². The molecule has 0 aromatic rings. The average Bonchev–Trinajstić information content (AvgIpc) is 3.06. The van der Waals surface area contributed by atoms with Gasteiger partial charge in [0.15, 0.2) is 5.96 Å². The van der Waals surface area contributed by atoms with Crippen molar-refractivity contribution in [2.24, 2.45) is 4.99 Å². The van der Waals surface area contributed by atoms with Gasteiger partial charge in [0.2, 0.25) is 0 Å². The quantitative estimate of drug-likeness (QED) is 0.543. The second-order valence-electron chi connectivity index (χ2n) is 9.16. The number of guanidine groups is 1. The molecule has 2 saturated heterocycles. The van der Waals surface area contributed by atoms with Crippen LogP contribution in [0.2, 0.25) is 0 Å². The van der Waals surface area contributed by atoms with Gasteiger partial charge < -0.3 is 25.0 Å². The maximum absolute atomic E-state index is 12.0. The molecule has 1 atom stereocenters. The average molecular weight is 398 g/mol. The highest BCUT2D eigenvalue weighted by atomic mass is 16.6. The van der Waals surface area contributed by atoms with Crippen LogP contribution in [0.4, 0.5) is 4.79 Å². The predicted molar refractivity (Wildman–Crippen MR) is 112 cm³/mol. The van der Waals surface area contributed by atoms with Crippen molar-refractivity contribution < 1.29 is 14.3 Å². The van der Waals surface area contributed by atoms with E-state index in [1.54, 1.807) is 0 Å². The molecule has 0 radical (unpaired) electrons. The molecule has 0 aliphatic carbocycles. The van der Waals surface area contributed by atoms with Crippen LogP contribution >= 0.6 is 0 Å².